The van der Waals surface area contributed by atoms with E-state index in [1.54, 1.807) is 11.1 Å². The van der Waals surface area contributed by atoms with Gasteiger partial charge in [0.2, 0.25) is 0 Å². The molecule has 0 N–H and O–H groups in total. The molecular formula is C46H37NO. The van der Waals surface area contributed by atoms with Crippen LogP contribution in [0.1, 0.15) is 61.8 Å². The second kappa shape index (κ2) is 9.29. The topological polar surface area (TPSA) is 16.4 Å². The van der Waals surface area contributed by atoms with Crippen molar-refractivity contribution in [3.8, 4) is 22.3 Å². The molecule has 7 aromatic rings. The van der Waals surface area contributed by atoms with Gasteiger partial charge in [-0.3, -0.25) is 0 Å². The van der Waals surface area contributed by atoms with Crippen LogP contribution in [-0.2, 0) is 10.8 Å². The van der Waals surface area contributed by atoms with Crippen molar-refractivity contribution in [3.63, 3.8) is 0 Å². The molecule has 4 aliphatic rings. The van der Waals surface area contributed by atoms with E-state index in [-0.39, 0.29) is 10.8 Å². The van der Waals surface area contributed by atoms with Crippen LogP contribution in [0.2, 0.25) is 0 Å². The zero-order valence-corrected chi connectivity index (χ0v) is 27.5. The Labute approximate surface area is 281 Å². The van der Waals surface area contributed by atoms with Crippen LogP contribution in [0.3, 0.4) is 0 Å². The van der Waals surface area contributed by atoms with Gasteiger partial charge >= 0.3 is 0 Å². The van der Waals surface area contributed by atoms with Crippen molar-refractivity contribution in [2.24, 2.45) is 11.8 Å². The van der Waals surface area contributed by atoms with E-state index in [1.807, 2.05) is 0 Å². The van der Waals surface area contributed by atoms with Crippen LogP contribution in [0, 0.1) is 11.8 Å². The number of benzene rings is 6. The van der Waals surface area contributed by atoms with Crippen LogP contribution in [-0.4, -0.2) is 0 Å². The smallest absolute Gasteiger partial charge is 0.135 e. The standard InChI is InChI=1S/C46H37NO/c1-45(2)39-12-6-3-9-33(39)35-20-17-31(25-41(35)45)47(30-19-22-44-38(24-30)37-11-5-8-14-43(37)48-44)32-18-21-36-34-10-4-7-13-40(34)46(42(36)26-32)27-28-15-16-29(46)23-28/h3-14,17-22,24-26,28-29H,15-16,23,27H2,1-2H3. The first kappa shape index (κ1) is 26.9. The summed E-state index contributed by atoms with van der Waals surface area (Å²) in [7, 11) is 0. The molecule has 2 fully saturated rings. The molecule has 0 radical (unpaired) electrons. The molecule has 2 saturated carbocycles. The van der Waals surface area contributed by atoms with Gasteiger partial charge in [-0.15, -0.1) is 0 Å². The molecular weight excluding hydrogens is 583 g/mol. The molecule has 48 heavy (non-hydrogen) atoms. The zero-order valence-electron chi connectivity index (χ0n) is 27.5. The Morgan fingerprint density at radius 2 is 1.15 bits per heavy atom. The van der Waals surface area contributed by atoms with Crippen LogP contribution in [0.5, 0.6) is 0 Å². The molecule has 2 heteroatoms. The third-order valence-corrected chi connectivity index (χ3v) is 12.7. The Morgan fingerprint density at radius 1 is 0.542 bits per heavy atom. The lowest BCUT2D eigenvalue weighted by Crippen LogP contribution is -2.32. The lowest BCUT2D eigenvalue weighted by Gasteiger charge is -2.37. The van der Waals surface area contributed by atoms with Gasteiger partial charge in [0.15, 0.2) is 0 Å². The molecule has 0 amide bonds. The van der Waals surface area contributed by atoms with Crippen molar-refractivity contribution in [3.05, 3.63) is 150 Å². The fraction of sp³-hybridized carbons (Fsp3) is 0.217. The van der Waals surface area contributed by atoms with Crippen molar-refractivity contribution in [1.82, 2.24) is 0 Å². The predicted molar refractivity (Wildman–Crippen MR) is 198 cm³/mol. The highest BCUT2D eigenvalue weighted by atomic mass is 16.3. The Hall–Kier alpha value is -5.08. The number of furan rings is 1. The number of hydrogen-bond acceptors (Lipinski definition) is 2. The maximum atomic E-state index is 6.29. The van der Waals surface area contributed by atoms with Crippen LogP contribution in [0.4, 0.5) is 17.1 Å². The van der Waals surface area contributed by atoms with Gasteiger partial charge in [-0.05, 0) is 124 Å². The van der Waals surface area contributed by atoms with E-state index in [0.29, 0.717) is 0 Å². The second-order valence-corrected chi connectivity index (χ2v) is 15.3. The summed E-state index contributed by atoms with van der Waals surface area (Å²) in [6, 6.07) is 47.9. The monoisotopic (exact) mass is 619 g/mol. The van der Waals surface area contributed by atoms with Gasteiger partial charge in [-0.2, -0.15) is 0 Å². The van der Waals surface area contributed by atoms with Gasteiger partial charge in [-0.25, -0.2) is 0 Å². The van der Waals surface area contributed by atoms with Crippen LogP contribution >= 0.6 is 0 Å². The molecule has 0 saturated heterocycles. The van der Waals surface area contributed by atoms with Crippen molar-refractivity contribution >= 4 is 39.0 Å². The van der Waals surface area contributed by atoms with Crippen molar-refractivity contribution in [2.45, 2.75) is 50.4 Å². The summed E-state index contributed by atoms with van der Waals surface area (Å²) in [6.45, 7) is 4.75. The number of rotatable bonds is 3. The van der Waals surface area contributed by atoms with Gasteiger partial charge in [0.05, 0.1) is 0 Å². The van der Waals surface area contributed by atoms with Crippen molar-refractivity contribution in [2.75, 3.05) is 4.90 Å². The first-order valence-corrected chi connectivity index (χ1v) is 17.7. The fourth-order valence-electron chi connectivity index (χ4n) is 10.6. The number of hydrogen-bond donors (Lipinski definition) is 0. The molecule has 1 aromatic heterocycles. The summed E-state index contributed by atoms with van der Waals surface area (Å²) in [4.78, 5) is 2.50. The lowest BCUT2D eigenvalue weighted by molar-refractivity contribution is 0.327. The minimum absolute atomic E-state index is 0.0783. The molecule has 11 rings (SSSR count). The third kappa shape index (κ3) is 3.38. The highest BCUT2D eigenvalue weighted by molar-refractivity contribution is 6.06. The van der Waals surface area contributed by atoms with Crippen LogP contribution < -0.4 is 4.90 Å². The SMILES string of the molecule is CC1(C)c2ccccc2-c2ccc(N(c3ccc4c(c3)C3(CC5CCC3C5)c3ccccc3-4)c3ccc4oc5ccccc5c4c3)cc21. The van der Waals surface area contributed by atoms with Gasteiger partial charge in [0.1, 0.15) is 11.2 Å². The average molecular weight is 620 g/mol. The molecule has 3 atom stereocenters. The molecule has 6 aromatic carbocycles. The van der Waals surface area contributed by atoms with Crippen molar-refractivity contribution < 1.29 is 4.42 Å². The van der Waals surface area contributed by atoms with Gasteiger partial charge < -0.3 is 9.32 Å². The maximum Gasteiger partial charge on any atom is 0.135 e. The third-order valence-electron chi connectivity index (χ3n) is 12.7. The lowest BCUT2D eigenvalue weighted by atomic mass is 9.67. The summed E-state index contributed by atoms with van der Waals surface area (Å²) in [6.07, 6.45) is 5.38. The number of anilines is 3. The summed E-state index contributed by atoms with van der Waals surface area (Å²) in [5, 5.41) is 2.31. The van der Waals surface area contributed by atoms with E-state index < -0.39 is 0 Å². The highest BCUT2D eigenvalue weighted by Gasteiger charge is 2.56. The Bertz CT molecular complexity index is 2480. The normalized spacial score (nSPS) is 22.3. The summed E-state index contributed by atoms with van der Waals surface area (Å²) in [5.74, 6) is 1.56. The van der Waals surface area contributed by atoms with E-state index >= 15 is 0 Å². The summed E-state index contributed by atoms with van der Waals surface area (Å²) in [5.41, 5.74) is 17.0. The molecule has 2 nitrogen and oxygen atoms in total. The first-order valence-electron chi connectivity index (χ1n) is 17.7. The molecule has 0 aliphatic heterocycles. The van der Waals surface area contributed by atoms with Gasteiger partial charge in [-0.1, -0.05) is 99.1 Å². The minimum Gasteiger partial charge on any atom is -0.456 e. The number of fused-ring (bicyclic) bond motifs is 14. The molecule has 2 bridgehead atoms. The number of nitrogens with zero attached hydrogens (tertiary/aromatic N) is 1. The van der Waals surface area contributed by atoms with E-state index in [1.165, 1.54) is 70.4 Å². The highest BCUT2D eigenvalue weighted by Crippen LogP contribution is 2.66. The second-order valence-electron chi connectivity index (χ2n) is 15.3. The van der Waals surface area contributed by atoms with Crippen LogP contribution in [0.25, 0.3) is 44.2 Å². The van der Waals surface area contributed by atoms with Gasteiger partial charge in [0.25, 0.3) is 0 Å². The molecule has 3 unspecified atom stereocenters. The largest absolute Gasteiger partial charge is 0.456 e. The maximum absolute atomic E-state index is 6.29. The molecule has 232 valence electrons. The quantitative estimate of drug-likeness (QED) is 0.196. The average Bonchev–Trinajstić information content (AvgIpc) is 3.93. The van der Waals surface area contributed by atoms with Crippen LogP contribution in [0.15, 0.2) is 132 Å². The van der Waals surface area contributed by atoms with Crippen molar-refractivity contribution in [1.29, 1.82) is 0 Å². The predicted octanol–water partition coefficient (Wildman–Crippen LogP) is 12.4. The fourth-order valence-corrected chi connectivity index (χ4v) is 10.6. The molecule has 1 spiro atoms. The van der Waals surface area contributed by atoms with E-state index in [2.05, 4.69) is 146 Å². The van der Waals surface area contributed by atoms with E-state index in [4.69, 9.17) is 4.42 Å². The minimum atomic E-state index is -0.0783. The zero-order chi connectivity index (χ0) is 31.8. The Kier molecular flexibility index (Phi) is 5.21. The first-order chi connectivity index (χ1) is 23.5. The van der Waals surface area contributed by atoms with E-state index in [9.17, 15) is 0 Å². The number of para-hydroxylation sites is 1. The summed E-state index contributed by atoms with van der Waals surface area (Å²) >= 11 is 0. The molecule has 4 aliphatic carbocycles. The Morgan fingerprint density at radius 3 is 1.92 bits per heavy atom. The van der Waals surface area contributed by atoms with Gasteiger partial charge in [0, 0.05) is 38.7 Å². The molecule has 1 heterocycles. The van der Waals surface area contributed by atoms with E-state index in [0.717, 1.165) is 39.5 Å². The summed E-state index contributed by atoms with van der Waals surface area (Å²) < 4.78 is 6.29. The Balaban J connectivity index is 1.15.